The molecule has 0 N–H and O–H groups in total. The first kappa shape index (κ1) is 13.7. The van der Waals surface area contributed by atoms with Gasteiger partial charge in [0.2, 0.25) is 6.79 Å². The van der Waals surface area contributed by atoms with E-state index in [2.05, 4.69) is 9.97 Å². The molecule has 0 aliphatic carbocycles. The van der Waals surface area contributed by atoms with Crippen molar-refractivity contribution in [3.8, 4) is 11.5 Å². The highest BCUT2D eigenvalue weighted by Gasteiger charge is 2.13. The van der Waals surface area contributed by atoms with Gasteiger partial charge in [0.15, 0.2) is 16.7 Å². The molecule has 110 valence electrons. The Labute approximate surface area is 136 Å². The van der Waals surface area contributed by atoms with Crippen molar-refractivity contribution in [2.24, 2.45) is 0 Å². The third kappa shape index (κ3) is 2.69. The lowest BCUT2D eigenvalue weighted by Gasteiger charge is -2.04. The van der Waals surface area contributed by atoms with Crippen molar-refractivity contribution in [1.29, 1.82) is 0 Å². The van der Waals surface area contributed by atoms with Crippen LogP contribution in [0.15, 0.2) is 47.8 Å². The summed E-state index contributed by atoms with van der Waals surface area (Å²) < 4.78 is 10.7. The quantitative estimate of drug-likeness (QED) is 0.529. The van der Waals surface area contributed by atoms with Crippen LogP contribution in [-0.4, -0.2) is 16.8 Å². The van der Waals surface area contributed by atoms with E-state index in [1.807, 2.05) is 36.4 Å². The number of halogens is 1. The zero-order valence-electron chi connectivity index (χ0n) is 11.5. The smallest absolute Gasteiger partial charge is 0.231 e. The van der Waals surface area contributed by atoms with Gasteiger partial charge in [0.25, 0.3) is 0 Å². The molecule has 6 heteroatoms. The van der Waals surface area contributed by atoms with Crippen LogP contribution in [0.25, 0.3) is 10.9 Å². The fourth-order valence-electron chi connectivity index (χ4n) is 2.24. The predicted molar refractivity (Wildman–Crippen MR) is 86.7 cm³/mol. The number of hydrogen-bond acceptors (Lipinski definition) is 5. The summed E-state index contributed by atoms with van der Waals surface area (Å²) in [6.45, 7) is 0.294. The SMILES string of the molecule is Clc1ccc2nc(SCc3ccc4c(c3)OCO4)ncc2c1. The standard InChI is InChI=1S/C16H11ClN2O2S/c17-12-2-3-13-11(6-12)7-18-16(19-13)22-8-10-1-4-14-15(5-10)21-9-20-14/h1-7H,8-9H2. The van der Waals surface area contributed by atoms with E-state index in [9.17, 15) is 0 Å². The van der Waals surface area contributed by atoms with E-state index in [1.54, 1.807) is 18.0 Å². The van der Waals surface area contributed by atoms with Crippen molar-refractivity contribution in [3.63, 3.8) is 0 Å². The van der Waals surface area contributed by atoms with Crippen LogP contribution in [0.4, 0.5) is 0 Å². The Morgan fingerprint density at radius 1 is 1.09 bits per heavy atom. The molecule has 0 radical (unpaired) electrons. The molecular formula is C16H11ClN2O2S. The van der Waals surface area contributed by atoms with Gasteiger partial charge in [-0.15, -0.1) is 0 Å². The van der Waals surface area contributed by atoms with Gasteiger partial charge < -0.3 is 9.47 Å². The Bertz CT molecular complexity index is 857. The van der Waals surface area contributed by atoms with Crippen LogP contribution in [0.3, 0.4) is 0 Å². The topological polar surface area (TPSA) is 44.2 Å². The number of benzene rings is 2. The molecule has 0 amide bonds. The van der Waals surface area contributed by atoms with Crippen molar-refractivity contribution in [1.82, 2.24) is 9.97 Å². The molecule has 22 heavy (non-hydrogen) atoms. The molecule has 0 spiro atoms. The van der Waals surface area contributed by atoms with Crippen LogP contribution in [0.5, 0.6) is 11.5 Å². The maximum absolute atomic E-state index is 5.96. The largest absolute Gasteiger partial charge is 0.454 e. The zero-order chi connectivity index (χ0) is 14.9. The summed E-state index contributed by atoms with van der Waals surface area (Å²) in [5.41, 5.74) is 2.04. The van der Waals surface area contributed by atoms with Crippen molar-refractivity contribution < 1.29 is 9.47 Å². The minimum absolute atomic E-state index is 0.294. The van der Waals surface area contributed by atoms with Gasteiger partial charge in [-0.2, -0.15) is 0 Å². The van der Waals surface area contributed by atoms with E-state index in [0.29, 0.717) is 11.8 Å². The van der Waals surface area contributed by atoms with Crippen molar-refractivity contribution >= 4 is 34.3 Å². The fraction of sp³-hybridized carbons (Fsp3) is 0.125. The number of nitrogens with zero attached hydrogens (tertiary/aromatic N) is 2. The van der Waals surface area contributed by atoms with Crippen LogP contribution in [0.1, 0.15) is 5.56 Å². The second kappa shape index (κ2) is 5.66. The first-order valence-electron chi connectivity index (χ1n) is 6.71. The molecule has 1 aliphatic heterocycles. The van der Waals surface area contributed by atoms with Crippen LogP contribution < -0.4 is 9.47 Å². The van der Waals surface area contributed by atoms with Crippen LogP contribution >= 0.6 is 23.4 Å². The van der Waals surface area contributed by atoms with Gasteiger partial charge in [0, 0.05) is 22.4 Å². The highest BCUT2D eigenvalue weighted by atomic mass is 35.5. The van der Waals surface area contributed by atoms with Gasteiger partial charge in [-0.25, -0.2) is 9.97 Å². The highest BCUT2D eigenvalue weighted by Crippen LogP contribution is 2.34. The predicted octanol–water partition coefficient (Wildman–Crippen LogP) is 4.30. The Morgan fingerprint density at radius 2 is 2.00 bits per heavy atom. The lowest BCUT2D eigenvalue weighted by atomic mass is 10.2. The number of hydrogen-bond donors (Lipinski definition) is 0. The molecule has 0 saturated carbocycles. The third-order valence-corrected chi connectivity index (χ3v) is 4.49. The summed E-state index contributed by atoms with van der Waals surface area (Å²) in [6.07, 6.45) is 1.80. The van der Waals surface area contributed by atoms with Crippen molar-refractivity contribution in [2.75, 3.05) is 6.79 Å². The monoisotopic (exact) mass is 330 g/mol. The number of fused-ring (bicyclic) bond motifs is 2. The molecule has 4 nitrogen and oxygen atoms in total. The van der Waals surface area contributed by atoms with Crippen molar-refractivity contribution in [2.45, 2.75) is 10.9 Å². The van der Waals surface area contributed by atoms with E-state index in [-0.39, 0.29) is 0 Å². The molecule has 0 unspecified atom stereocenters. The van der Waals surface area contributed by atoms with Gasteiger partial charge in [-0.3, -0.25) is 0 Å². The summed E-state index contributed by atoms with van der Waals surface area (Å²) in [5.74, 6) is 2.37. The van der Waals surface area contributed by atoms with E-state index < -0.39 is 0 Å². The lowest BCUT2D eigenvalue weighted by molar-refractivity contribution is 0.174. The Kier molecular flexibility index (Phi) is 3.52. The van der Waals surface area contributed by atoms with Crippen LogP contribution in [0, 0.1) is 0 Å². The molecule has 0 saturated heterocycles. The van der Waals surface area contributed by atoms with E-state index in [4.69, 9.17) is 21.1 Å². The van der Waals surface area contributed by atoms with Gasteiger partial charge in [0.05, 0.1) is 5.52 Å². The molecule has 0 bridgehead atoms. The molecule has 1 aromatic heterocycles. The molecule has 0 atom stereocenters. The zero-order valence-corrected chi connectivity index (χ0v) is 13.0. The second-order valence-electron chi connectivity index (χ2n) is 4.83. The summed E-state index contributed by atoms with van der Waals surface area (Å²) in [5, 5.41) is 2.38. The Balaban J connectivity index is 1.52. The first-order chi connectivity index (χ1) is 10.8. The van der Waals surface area contributed by atoms with Crippen molar-refractivity contribution in [3.05, 3.63) is 53.2 Å². The van der Waals surface area contributed by atoms with Gasteiger partial charge in [0.1, 0.15) is 0 Å². The summed E-state index contributed by atoms with van der Waals surface area (Å²) in [7, 11) is 0. The Hall–Kier alpha value is -1.98. The summed E-state index contributed by atoms with van der Waals surface area (Å²) in [4.78, 5) is 8.91. The van der Waals surface area contributed by atoms with Gasteiger partial charge in [-0.1, -0.05) is 29.4 Å². The van der Waals surface area contributed by atoms with Crippen LogP contribution in [0.2, 0.25) is 5.02 Å². The molecule has 0 fully saturated rings. The van der Waals surface area contributed by atoms with E-state index >= 15 is 0 Å². The number of ether oxygens (including phenoxy) is 2. The average Bonchev–Trinajstić information content (AvgIpc) is 3.00. The number of thioether (sulfide) groups is 1. The highest BCUT2D eigenvalue weighted by molar-refractivity contribution is 7.98. The maximum Gasteiger partial charge on any atom is 0.231 e. The minimum Gasteiger partial charge on any atom is -0.454 e. The van der Waals surface area contributed by atoms with E-state index in [0.717, 1.165) is 38.9 Å². The summed E-state index contributed by atoms with van der Waals surface area (Å²) >= 11 is 7.55. The molecule has 2 heterocycles. The number of rotatable bonds is 3. The molecule has 2 aromatic carbocycles. The molecule has 3 aromatic rings. The number of aromatic nitrogens is 2. The fourth-order valence-corrected chi connectivity index (χ4v) is 3.18. The maximum atomic E-state index is 5.96. The van der Waals surface area contributed by atoms with Gasteiger partial charge >= 0.3 is 0 Å². The molecule has 4 rings (SSSR count). The normalized spacial score (nSPS) is 12.8. The average molecular weight is 331 g/mol. The Morgan fingerprint density at radius 3 is 2.95 bits per heavy atom. The van der Waals surface area contributed by atoms with Crippen LogP contribution in [-0.2, 0) is 5.75 Å². The van der Waals surface area contributed by atoms with E-state index in [1.165, 1.54) is 0 Å². The van der Waals surface area contributed by atoms with Gasteiger partial charge in [-0.05, 0) is 35.9 Å². The summed E-state index contributed by atoms with van der Waals surface area (Å²) in [6, 6.07) is 11.6. The molecular weight excluding hydrogens is 320 g/mol. The minimum atomic E-state index is 0.294. The lowest BCUT2D eigenvalue weighted by Crippen LogP contribution is -1.93. The third-order valence-electron chi connectivity index (χ3n) is 3.32. The second-order valence-corrected chi connectivity index (χ2v) is 6.21. The first-order valence-corrected chi connectivity index (χ1v) is 8.08. The molecule has 1 aliphatic rings.